The number of hydrogen-bond donors (Lipinski definition) is 1. The monoisotopic (exact) mass is 256 g/mol. The molecular weight excluding hydrogens is 236 g/mol. The molecule has 2 heterocycles. The van der Waals surface area contributed by atoms with Crippen molar-refractivity contribution < 1.29 is 0 Å². The first-order valence-electron chi connectivity index (χ1n) is 6.90. The van der Waals surface area contributed by atoms with Gasteiger partial charge in [0.1, 0.15) is 0 Å². The number of anilines is 2. The van der Waals surface area contributed by atoms with E-state index in [1.807, 2.05) is 18.3 Å². The quantitative estimate of drug-likeness (QED) is 0.834. The zero-order chi connectivity index (χ0) is 13.2. The maximum atomic E-state index is 6.01. The van der Waals surface area contributed by atoms with Gasteiger partial charge in [-0.1, -0.05) is 19.1 Å². The molecule has 1 saturated heterocycles. The minimum Gasteiger partial charge on any atom is -0.397 e. The molecule has 0 spiro atoms. The van der Waals surface area contributed by atoms with E-state index in [2.05, 4.69) is 33.8 Å². The van der Waals surface area contributed by atoms with Gasteiger partial charge in [0.25, 0.3) is 0 Å². The molecule has 1 fully saturated rings. The number of pyridine rings is 1. The van der Waals surface area contributed by atoms with E-state index < -0.39 is 0 Å². The second-order valence-electron chi connectivity index (χ2n) is 4.99. The molecule has 0 aliphatic carbocycles. The number of para-hydroxylation sites is 1. The molecule has 0 unspecified atom stereocenters. The van der Waals surface area contributed by atoms with Crippen LogP contribution >= 0.6 is 0 Å². The van der Waals surface area contributed by atoms with E-state index in [9.17, 15) is 0 Å². The molecule has 0 atom stereocenters. The molecule has 1 aliphatic heterocycles. The van der Waals surface area contributed by atoms with Gasteiger partial charge < -0.3 is 15.5 Å². The summed E-state index contributed by atoms with van der Waals surface area (Å²) < 4.78 is 0. The third kappa shape index (κ3) is 2.24. The molecule has 1 aromatic carbocycles. The fourth-order valence-corrected chi connectivity index (χ4v) is 2.77. The summed E-state index contributed by atoms with van der Waals surface area (Å²) in [6.45, 7) is 7.75. The van der Waals surface area contributed by atoms with Crippen LogP contribution in [0.3, 0.4) is 0 Å². The fraction of sp³-hybridized carbons (Fsp3) is 0.400. The van der Waals surface area contributed by atoms with Crippen LogP contribution in [0.2, 0.25) is 0 Å². The van der Waals surface area contributed by atoms with E-state index in [-0.39, 0.29) is 0 Å². The first kappa shape index (κ1) is 12.2. The van der Waals surface area contributed by atoms with Crippen LogP contribution in [-0.4, -0.2) is 42.6 Å². The van der Waals surface area contributed by atoms with Crippen LogP contribution in [0.5, 0.6) is 0 Å². The molecule has 0 amide bonds. The van der Waals surface area contributed by atoms with Crippen molar-refractivity contribution in [3.8, 4) is 0 Å². The van der Waals surface area contributed by atoms with Gasteiger partial charge in [-0.15, -0.1) is 0 Å². The Hall–Kier alpha value is -1.81. The maximum Gasteiger partial charge on any atom is 0.0951 e. The van der Waals surface area contributed by atoms with Gasteiger partial charge in [-0.25, -0.2) is 0 Å². The lowest BCUT2D eigenvalue weighted by molar-refractivity contribution is 0.271. The van der Waals surface area contributed by atoms with Crippen molar-refractivity contribution in [3.63, 3.8) is 0 Å². The Morgan fingerprint density at radius 2 is 1.95 bits per heavy atom. The Bertz CT molecular complexity index is 573. The van der Waals surface area contributed by atoms with E-state index in [0.29, 0.717) is 0 Å². The lowest BCUT2D eigenvalue weighted by Gasteiger charge is -2.36. The second-order valence-corrected chi connectivity index (χ2v) is 4.99. The van der Waals surface area contributed by atoms with Gasteiger partial charge in [-0.3, -0.25) is 4.98 Å². The summed E-state index contributed by atoms with van der Waals surface area (Å²) in [5, 5.41) is 1.16. The van der Waals surface area contributed by atoms with Crippen molar-refractivity contribution in [2.45, 2.75) is 6.92 Å². The van der Waals surface area contributed by atoms with Crippen molar-refractivity contribution >= 4 is 22.3 Å². The second kappa shape index (κ2) is 5.05. The average molecular weight is 256 g/mol. The van der Waals surface area contributed by atoms with Crippen molar-refractivity contribution in [3.05, 3.63) is 30.5 Å². The summed E-state index contributed by atoms with van der Waals surface area (Å²) in [5.41, 5.74) is 8.94. The average Bonchev–Trinajstić information content (AvgIpc) is 2.47. The number of aromatic nitrogens is 1. The number of nitrogen functional groups attached to an aromatic ring is 1. The van der Waals surface area contributed by atoms with Crippen LogP contribution in [0.4, 0.5) is 11.4 Å². The Kier molecular flexibility index (Phi) is 3.25. The van der Waals surface area contributed by atoms with Crippen LogP contribution in [0.25, 0.3) is 10.9 Å². The summed E-state index contributed by atoms with van der Waals surface area (Å²) in [4.78, 5) is 9.33. The molecule has 3 rings (SSSR count). The number of nitrogens with zero attached hydrogens (tertiary/aromatic N) is 3. The highest BCUT2D eigenvalue weighted by Gasteiger charge is 2.17. The lowest BCUT2D eigenvalue weighted by Crippen LogP contribution is -2.46. The predicted molar refractivity (Wildman–Crippen MR) is 80.5 cm³/mol. The highest BCUT2D eigenvalue weighted by atomic mass is 15.3. The molecule has 0 saturated carbocycles. The first-order valence-corrected chi connectivity index (χ1v) is 6.90. The Morgan fingerprint density at radius 1 is 1.16 bits per heavy atom. The Labute approximate surface area is 113 Å². The van der Waals surface area contributed by atoms with Crippen molar-refractivity contribution in [2.75, 3.05) is 43.4 Å². The summed E-state index contributed by atoms with van der Waals surface area (Å²) in [5.74, 6) is 0. The summed E-state index contributed by atoms with van der Waals surface area (Å²) in [6, 6.07) is 8.13. The van der Waals surface area contributed by atoms with Crippen LogP contribution in [0.15, 0.2) is 30.5 Å². The van der Waals surface area contributed by atoms with Crippen LogP contribution in [0.1, 0.15) is 6.92 Å². The third-order valence-corrected chi connectivity index (χ3v) is 3.94. The number of nitrogens with two attached hydrogens (primary N) is 1. The van der Waals surface area contributed by atoms with E-state index in [4.69, 9.17) is 5.73 Å². The first-order chi connectivity index (χ1) is 9.29. The van der Waals surface area contributed by atoms with Gasteiger partial charge in [0, 0.05) is 43.4 Å². The van der Waals surface area contributed by atoms with Crippen molar-refractivity contribution in [2.24, 2.45) is 0 Å². The lowest BCUT2D eigenvalue weighted by atomic mass is 10.1. The third-order valence-electron chi connectivity index (χ3n) is 3.94. The largest absolute Gasteiger partial charge is 0.397 e. The molecule has 0 bridgehead atoms. The highest BCUT2D eigenvalue weighted by molar-refractivity contribution is 5.98. The van der Waals surface area contributed by atoms with E-state index in [0.717, 1.165) is 49.3 Å². The van der Waals surface area contributed by atoms with Gasteiger partial charge in [-0.2, -0.15) is 0 Å². The topological polar surface area (TPSA) is 45.4 Å². The number of likely N-dealkylation sites (N-methyl/N-ethyl adjacent to an activating group) is 1. The van der Waals surface area contributed by atoms with E-state index >= 15 is 0 Å². The SMILES string of the molecule is CCN1CCN(c2ccnc3c(N)cccc23)CC1. The molecule has 100 valence electrons. The zero-order valence-corrected chi connectivity index (χ0v) is 11.3. The fourth-order valence-electron chi connectivity index (χ4n) is 2.77. The Morgan fingerprint density at radius 3 is 2.68 bits per heavy atom. The van der Waals surface area contributed by atoms with Crippen LogP contribution < -0.4 is 10.6 Å². The zero-order valence-electron chi connectivity index (χ0n) is 11.3. The number of piperazine rings is 1. The molecule has 4 heteroatoms. The van der Waals surface area contributed by atoms with Crippen LogP contribution in [0, 0.1) is 0 Å². The standard InChI is InChI=1S/C15H20N4/c1-2-18-8-10-19(11-9-18)14-6-7-17-15-12(14)4-3-5-13(15)16/h3-7H,2,8-11,16H2,1H3. The molecule has 1 aliphatic rings. The van der Waals surface area contributed by atoms with E-state index in [1.165, 1.54) is 5.69 Å². The molecular formula is C15H20N4. The van der Waals surface area contributed by atoms with Gasteiger partial charge in [-0.05, 0) is 18.7 Å². The Balaban J connectivity index is 1.95. The van der Waals surface area contributed by atoms with Gasteiger partial charge in [0.05, 0.1) is 11.2 Å². The van der Waals surface area contributed by atoms with Gasteiger partial charge in [0.15, 0.2) is 0 Å². The summed E-state index contributed by atoms with van der Waals surface area (Å²) in [7, 11) is 0. The minimum atomic E-state index is 0.756. The van der Waals surface area contributed by atoms with Crippen molar-refractivity contribution in [1.82, 2.24) is 9.88 Å². The summed E-state index contributed by atoms with van der Waals surface area (Å²) >= 11 is 0. The molecule has 0 radical (unpaired) electrons. The van der Waals surface area contributed by atoms with E-state index in [1.54, 1.807) is 0 Å². The number of fused-ring (bicyclic) bond motifs is 1. The molecule has 1 aromatic heterocycles. The molecule has 2 N–H and O–H groups in total. The molecule has 4 nitrogen and oxygen atoms in total. The number of benzene rings is 1. The highest BCUT2D eigenvalue weighted by Crippen LogP contribution is 2.28. The maximum absolute atomic E-state index is 6.01. The van der Waals surface area contributed by atoms with Gasteiger partial charge in [0.2, 0.25) is 0 Å². The van der Waals surface area contributed by atoms with Crippen LogP contribution in [-0.2, 0) is 0 Å². The smallest absolute Gasteiger partial charge is 0.0951 e. The number of hydrogen-bond acceptors (Lipinski definition) is 4. The number of rotatable bonds is 2. The normalized spacial score (nSPS) is 17.0. The predicted octanol–water partition coefficient (Wildman–Crippen LogP) is 1.96. The summed E-state index contributed by atoms with van der Waals surface area (Å²) in [6.07, 6.45) is 1.86. The van der Waals surface area contributed by atoms with Gasteiger partial charge >= 0.3 is 0 Å². The van der Waals surface area contributed by atoms with Crippen molar-refractivity contribution in [1.29, 1.82) is 0 Å². The minimum absolute atomic E-state index is 0.756. The molecule has 19 heavy (non-hydrogen) atoms. The molecule has 2 aromatic rings.